The molecule has 0 heteroatoms. The molecule has 3 aromatic rings. The summed E-state index contributed by atoms with van der Waals surface area (Å²) in [5.41, 5.74) is 9.13. The summed E-state index contributed by atoms with van der Waals surface area (Å²) in [6.07, 6.45) is 39.0. The molecule has 308 valence electrons. The highest BCUT2D eigenvalue weighted by Gasteiger charge is 2.45. The zero-order chi connectivity index (χ0) is 39.5. The third kappa shape index (κ3) is 10.7. The SMILES string of the molecule is CCC[C@H]1CC[C@H](c2ccc(-c3ccc([C@H]4CC[C@H](CC)CC4)cc3)cc2)CC1.CC[C@H]1CC[C@H](C2([C@H]3CC[C@H](CC)CC3)C=CC(c3ccccc3)=CC2)CC1. The zero-order valence-electron chi connectivity index (χ0n) is 36.9. The van der Waals surface area contributed by atoms with Crippen LogP contribution in [0.3, 0.4) is 0 Å². The maximum atomic E-state index is 2.71. The molecule has 3 aromatic carbocycles. The van der Waals surface area contributed by atoms with Crippen molar-refractivity contribution >= 4 is 5.57 Å². The molecule has 0 unspecified atom stereocenters. The van der Waals surface area contributed by atoms with Crippen LogP contribution in [0.1, 0.15) is 197 Å². The quantitative estimate of drug-likeness (QED) is 0.182. The van der Waals surface area contributed by atoms with E-state index >= 15 is 0 Å². The maximum absolute atomic E-state index is 2.71. The van der Waals surface area contributed by atoms with Gasteiger partial charge in [-0.15, -0.1) is 0 Å². The van der Waals surface area contributed by atoms with E-state index in [4.69, 9.17) is 0 Å². The summed E-state index contributed by atoms with van der Waals surface area (Å²) >= 11 is 0. The lowest BCUT2D eigenvalue weighted by Crippen LogP contribution is -2.41. The van der Waals surface area contributed by atoms with Crippen LogP contribution in [0.5, 0.6) is 0 Å². The van der Waals surface area contributed by atoms with Gasteiger partial charge in [0, 0.05) is 0 Å². The van der Waals surface area contributed by atoms with Gasteiger partial charge in [0.2, 0.25) is 0 Å². The maximum Gasteiger partial charge on any atom is -0.00237 e. The van der Waals surface area contributed by atoms with Crippen LogP contribution >= 0.6 is 0 Å². The summed E-state index contributed by atoms with van der Waals surface area (Å²) in [5, 5.41) is 0. The van der Waals surface area contributed by atoms with Crippen LogP contribution in [0.4, 0.5) is 0 Å². The second kappa shape index (κ2) is 20.9. The third-order valence-corrected chi connectivity index (χ3v) is 16.8. The molecule has 0 bridgehead atoms. The average Bonchev–Trinajstić information content (AvgIpc) is 3.30. The van der Waals surface area contributed by atoms with Crippen LogP contribution in [0.25, 0.3) is 16.7 Å². The van der Waals surface area contributed by atoms with Crippen LogP contribution in [0.15, 0.2) is 97.1 Å². The molecule has 4 saturated carbocycles. The number of hydrogen-bond acceptors (Lipinski definition) is 0. The Morgan fingerprint density at radius 3 is 1.25 bits per heavy atom. The molecule has 0 amide bonds. The fourth-order valence-electron chi connectivity index (χ4n) is 12.7. The molecule has 0 heterocycles. The molecule has 0 aromatic heterocycles. The van der Waals surface area contributed by atoms with Gasteiger partial charge in [0.05, 0.1) is 0 Å². The van der Waals surface area contributed by atoms with E-state index in [1.54, 1.807) is 11.1 Å². The molecule has 0 spiro atoms. The Kier molecular flexibility index (Phi) is 15.5. The van der Waals surface area contributed by atoms with Crippen molar-refractivity contribution in [3.05, 3.63) is 114 Å². The Hall–Kier alpha value is -2.86. The highest BCUT2D eigenvalue weighted by Crippen LogP contribution is 2.55. The van der Waals surface area contributed by atoms with Crippen LogP contribution < -0.4 is 0 Å². The van der Waals surface area contributed by atoms with Crippen molar-refractivity contribution in [2.45, 2.75) is 181 Å². The first kappa shape index (κ1) is 42.3. The molecule has 0 radical (unpaired) electrons. The van der Waals surface area contributed by atoms with E-state index in [0.717, 1.165) is 47.3 Å². The summed E-state index contributed by atoms with van der Waals surface area (Å²) in [6.45, 7) is 9.46. The number of allylic oxidation sites excluding steroid dienone is 4. The van der Waals surface area contributed by atoms with Gasteiger partial charge in [-0.05, 0) is 170 Å². The second-order valence-electron chi connectivity index (χ2n) is 19.8. The lowest BCUT2D eigenvalue weighted by atomic mass is 9.54. The smallest absolute Gasteiger partial charge is 0.00237 e. The minimum absolute atomic E-state index is 0.440. The Morgan fingerprint density at radius 2 is 0.860 bits per heavy atom. The monoisotopic (exact) mass is 765 g/mol. The Bertz CT molecular complexity index is 1620. The molecule has 5 aliphatic rings. The molecular weight excluding hydrogens is 685 g/mol. The molecular formula is C57H80. The van der Waals surface area contributed by atoms with E-state index in [2.05, 4.69) is 125 Å². The Balaban J connectivity index is 0.000000174. The fourth-order valence-corrected chi connectivity index (χ4v) is 12.7. The predicted octanol–water partition coefficient (Wildman–Crippen LogP) is 17.6. The van der Waals surface area contributed by atoms with Gasteiger partial charge in [0.15, 0.2) is 0 Å². The van der Waals surface area contributed by atoms with Gasteiger partial charge in [0.25, 0.3) is 0 Å². The summed E-state index contributed by atoms with van der Waals surface area (Å²) in [6, 6.07) is 30.0. The van der Waals surface area contributed by atoms with Crippen LogP contribution in [0.2, 0.25) is 0 Å². The minimum Gasteiger partial charge on any atom is -0.0768 e. The largest absolute Gasteiger partial charge is 0.0768 e. The van der Waals surface area contributed by atoms with Gasteiger partial charge in [-0.3, -0.25) is 0 Å². The van der Waals surface area contributed by atoms with Crippen molar-refractivity contribution in [3.63, 3.8) is 0 Å². The van der Waals surface area contributed by atoms with Crippen molar-refractivity contribution in [2.75, 3.05) is 0 Å². The molecule has 5 aliphatic carbocycles. The molecule has 0 aliphatic heterocycles. The molecule has 8 rings (SSSR count). The van der Waals surface area contributed by atoms with E-state index in [1.165, 1.54) is 164 Å². The number of rotatable bonds is 11. The highest BCUT2D eigenvalue weighted by molar-refractivity contribution is 5.75. The molecule has 0 nitrogen and oxygen atoms in total. The summed E-state index contributed by atoms with van der Waals surface area (Å²) in [7, 11) is 0. The van der Waals surface area contributed by atoms with Gasteiger partial charge in [-0.2, -0.15) is 0 Å². The first-order valence-corrected chi connectivity index (χ1v) is 24.7. The predicted molar refractivity (Wildman–Crippen MR) is 249 cm³/mol. The normalized spacial score (nSPS) is 30.1. The Morgan fingerprint density at radius 1 is 0.439 bits per heavy atom. The van der Waals surface area contributed by atoms with Crippen LogP contribution in [-0.2, 0) is 0 Å². The van der Waals surface area contributed by atoms with Crippen molar-refractivity contribution in [1.29, 1.82) is 0 Å². The first-order chi connectivity index (χ1) is 28.0. The van der Waals surface area contributed by atoms with E-state index in [-0.39, 0.29) is 0 Å². The van der Waals surface area contributed by atoms with Crippen LogP contribution in [0, 0.1) is 40.9 Å². The molecule has 4 fully saturated rings. The summed E-state index contributed by atoms with van der Waals surface area (Å²) in [4.78, 5) is 0. The fraction of sp³-hybridized carbons (Fsp3) is 0.614. The van der Waals surface area contributed by atoms with Crippen molar-refractivity contribution < 1.29 is 0 Å². The van der Waals surface area contributed by atoms with E-state index in [0.29, 0.717) is 5.41 Å². The van der Waals surface area contributed by atoms with E-state index in [1.807, 2.05) is 0 Å². The second-order valence-corrected chi connectivity index (χ2v) is 19.8. The lowest BCUT2D eigenvalue weighted by Gasteiger charge is -2.50. The van der Waals surface area contributed by atoms with Crippen molar-refractivity contribution in [1.82, 2.24) is 0 Å². The highest BCUT2D eigenvalue weighted by atomic mass is 14.5. The third-order valence-electron chi connectivity index (χ3n) is 16.8. The van der Waals surface area contributed by atoms with Crippen molar-refractivity contribution in [2.24, 2.45) is 40.9 Å². The van der Waals surface area contributed by atoms with Crippen molar-refractivity contribution in [3.8, 4) is 11.1 Å². The van der Waals surface area contributed by atoms with Crippen LogP contribution in [-0.4, -0.2) is 0 Å². The van der Waals surface area contributed by atoms with Gasteiger partial charge in [0.1, 0.15) is 0 Å². The summed E-state index contributed by atoms with van der Waals surface area (Å²) in [5.74, 6) is 7.34. The molecule has 0 N–H and O–H groups in total. The summed E-state index contributed by atoms with van der Waals surface area (Å²) < 4.78 is 0. The van der Waals surface area contributed by atoms with E-state index in [9.17, 15) is 0 Å². The first-order valence-electron chi connectivity index (χ1n) is 24.7. The molecule has 0 saturated heterocycles. The Labute approximate surface area is 350 Å². The van der Waals surface area contributed by atoms with Gasteiger partial charge in [-0.1, -0.05) is 183 Å². The minimum atomic E-state index is 0.440. The molecule has 57 heavy (non-hydrogen) atoms. The average molecular weight is 765 g/mol. The van der Waals surface area contributed by atoms with Gasteiger partial charge >= 0.3 is 0 Å². The zero-order valence-corrected chi connectivity index (χ0v) is 36.9. The standard InChI is InChI=1S/C29H40.C28H40/c1-3-5-23-8-12-25(13-9-23)27-16-20-29(21-17-27)28-18-14-26(15-19-28)24-10-6-22(4-2)7-11-24;1-3-22-10-14-26(15-11-22)28(27-16-12-23(4-2)13-17-27)20-18-25(19-21-28)24-8-6-5-7-9-24/h14-25H,3-13H2,1-2H3;5-9,18-20,22-23,26-27H,3-4,10-17,21H2,1-2H3/t22-,23-,24-,25-;22-,23-,26-,27-. The van der Waals surface area contributed by atoms with Gasteiger partial charge < -0.3 is 0 Å². The topological polar surface area (TPSA) is 0 Å². The van der Waals surface area contributed by atoms with Gasteiger partial charge in [-0.25, -0.2) is 0 Å². The number of benzene rings is 3. The number of hydrogen-bond donors (Lipinski definition) is 0. The van der Waals surface area contributed by atoms with E-state index < -0.39 is 0 Å². The molecule has 0 atom stereocenters. The lowest BCUT2D eigenvalue weighted by molar-refractivity contribution is 0.0488.